The number of imidazole rings is 1. The second kappa shape index (κ2) is 3.44. The molecule has 1 atom stereocenters. The van der Waals surface area contributed by atoms with Gasteiger partial charge in [-0.05, 0) is 12.5 Å². The Hall–Kier alpha value is -1.57. The van der Waals surface area contributed by atoms with Crippen LogP contribution in [0.25, 0.3) is 0 Å². The predicted octanol–water partition coefficient (Wildman–Crippen LogP) is 2.38. The minimum Gasteiger partial charge on any atom is -0.348 e. The average Bonchev–Trinajstić information content (AvgIpc) is 2.71. The zero-order chi connectivity index (χ0) is 9.10. The first-order valence-corrected chi connectivity index (χ1v) is 4.25. The van der Waals surface area contributed by atoms with E-state index in [0.29, 0.717) is 0 Å². The van der Waals surface area contributed by atoms with Gasteiger partial charge < -0.3 is 4.98 Å². The summed E-state index contributed by atoms with van der Waals surface area (Å²) < 4.78 is 0. The summed E-state index contributed by atoms with van der Waals surface area (Å²) in [5.74, 6) is 1.00. The fraction of sp³-hybridized carbons (Fsp3) is 0.0909. The Morgan fingerprint density at radius 2 is 2.00 bits per heavy atom. The van der Waals surface area contributed by atoms with Crippen molar-refractivity contribution in [2.45, 2.75) is 5.92 Å². The Labute approximate surface area is 77.6 Å². The highest BCUT2D eigenvalue weighted by Crippen LogP contribution is 2.19. The van der Waals surface area contributed by atoms with Crippen molar-refractivity contribution >= 4 is 0 Å². The molecule has 0 spiro atoms. The highest BCUT2D eigenvalue weighted by Gasteiger charge is 2.08. The fourth-order valence-corrected chi connectivity index (χ4v) is 1.31. The van der Waals surface area contributed by atoms with Gasteiger partial charge in [-0.3, -0.25) is 0 Å². The summed E-state index contributed by atoms with van der Waals surface area (Å²) in [6, 6.07) is 10.1. The molecule has 1 aromatic carbocycles. The molecule has 2 aromatic rings. The lowest BCUT2D eigenvalue weighted by Gasteiger charge is -2.07. The topological polar surface area (TPSA) is 28.7 Å². The van der Waals surface area contributed by atoms with E-state index in [-0.39, 0.29) is 5.92 Å². The SMILES string of the molecule is [CH2]C(c1ccccc1)c1ncc[nH]1. The minimum absolute atomic E-state index is 0.0937. The monoisotopic (exact) mass is 171 g/mol. The van der Waals surface area contributed by atoms with Crippen LogP contribution in [0.5, 0.6) is 0 Å². The highest BCUT2D eigenvalue weighted by molar-refractivity contribution is 5.26. The number of rotatable bonds is 2. The largest absolute Gasteiger partial charge is 0.348 e. The van der Waals surface area contributed by atoms with Crippen molar-refractivity contribution < 1.29 is 0 Å². The van der Waals surface area contributed by atoms with Gasteiger partial charge in [-0.2, -0.15) is 0 Å². The van der Waals surface area contributed by atoms with Crippen molar-refractivity contribution in [3.8, 4) is 0 Å². The molecule has 0 amide bonds. The zero-order valence-corrected chi connectivity index (χ0v) is 7.27. The van der Waals surface area contributed by atoms with Crippen molar-refractivity contribution in [3.63, 3.8) is 0 Å². The van der Waals surface area contributed by atoms with Gasteiger partial charge in [-0.15, -0.1) is 0 Å². The Balaban J connectivity index is 2.29. The third-order valence-electron chi connectivity index (χ3n) is 2.05. The molecule has 0 saturated heterocycles. The summed E-state index contributed by atoms with van der Waals surface area (Å²) in [5, 5.41) is 0. The van der Waals surface area contributed by atoms with E-state index in [1.54, 1.807) is 6.20 Å². The van der Waals surface area contributed by atoms with Gasteiger partial charge in [0.1, 0.15) is 5.82 Å². The molecule has 0 aliphatic carbocycles. The maximum atomic E-state index is 4.17. The third kappa shape index (κ3) is 1.61. The number of aromatic amines is 1. The van der Waals surface area contributed by atoms with Crippen LogP contribution in [0.4, 0.5) is 0 Å². The minimum atomic E-state index is 0.0937. The average molecular weight is 171 g/mol. The van der Waals surface area contributed by atoms with Crippen LogP contribution >= 0.6 is 0 Å². The number of aromatic nitrogens is 2. The van der Waals surface area contributed by atoms with Gasteiger partial charge in [0, 0.05) is 18.3 Å². The molecule has 0 fully saturated rings. The molecule has 2 nitrogen and oxygen atoms in total. The van der Waals surface area contributed by atoms with Gasteiger partial charge in [0.2, 0.25) is 0 Å². The molecule has 2 rings (SSSR count). The molecule has 13 heavy (non-hydrogen) atoms. The molecule has 65 valence electrons. The summed E-state index contributed by atoms with van der Waals surface area (Å²) in [7, 11) is 0. The van der Waals surface area contributed by atoms with E-state index in [9.17, 15) is 0 Å². The summed E-state index contributed by atoms with van der Waals surface area (Å²) in [4.78, 5) is 7.24. The maximum Gasteiger partial charge on any atom is 0.113 e. The first-order valence-electron chi connectivity index (χ1n) is 4.25. The number of nitrogens with zero attached hydrogens (tertiary/aromatic N) is 1. The molecule has 1 heterocycles. The summed E-state index contributed by atoms with van der Waals surface area (Å²) in [5.41, 5.74) is 1.18. The van der Waals surface area contributed by atoms with E-state index in [1.807, 2.05) is 24.4 Å². The molecule has 0 aliphatic rings. The summed E-state index contributed by atoms with van der Waals surface area (Å²) in [6.07, 6.45) is 3.56. The third-order valence-corrected chi connectivity index (χ3v) is 2.05. The molecular weight excluding hydrogens is 160 g/mol. The van der Waals surface area contributed by atoms with E-state index in [1.165, 1.54) is 5.56 Å². The molecule has 0 saturated carbocycles. The van der Waals surface area contributed by atoms with Crippen molar-refractivity contribution in [3.05, 3.63) is 61.0 Å². The van der Waals surface area contributed by atoms with Gasteiger partial charge in [0.15, 0.2) is 0 Å². The van der Waals surface area contributed by atoms with Crippen LogP contribution in [0.2, 0.25) is 0 Å². The van der Waals surface area contributed by atoms with Crippen LogP contribution in [0.3, 0.4) is 0 Å². The van der Waals surface area contributed by atoms with Gasteiger partial charge in [-0.1, -0.05) is 30.3 Å². The lowest BCUT2D eigenvalue weighted by atomic mass is 10.0. The van der Waals surface area contributed by atoms with Crippen molar-refractivity contribution in [1.29, 1.82) is 0 Å². The smallest absolute Gasteiger partial charge is 0.113 e. The van der Waals surface area contributed by atoms with E-state index in [4.69, 9.17) is 0 Å². The van der Waals surface area contributed by atoms with Crippen LogP contribution in [0.15, 0.2) is 42.7 Å². The first-order chi connectivity index (χ1) is 6.38. The molecule has 1 radical (unpaired) electrons. The number of hydrogen-bond acceptors (Lipinski definition) is 1. The fourth-order valence-electron chi connectivity index (χ4n) is 1.31. The van der Waals surface area contributed by atoms with Crippen molar-refractivity contribution in [2.75, 3.05) is 0 Å². The van der Waals surface area contributed by atoms with E-state index < -0.39 is 0 Å². The summed E-state index contributed by atoms with van der Waals surface area (Å²) >= 11 is 0. The zero-order valence-electron chi connectivity index (χ0n) is 7.27. The Morgan fingerprint density at radius 1 is 1.23 bits per heavy atom. The first kappa shape index (κ1) is 8.05. The number of H-pyrrole nitrogens is 1. The summed E-state index contributed by atoms with van der Waals surface area (Å²) in [6.45, 7) is 4.06. The van der Waals surface area contributed by atoms with E-state index in [2.05, 4.69) is 29.0 Å². The molecule has 0 bridgehead atoms. The van der Waals surface area contributed by atoms with Gasteiger partial charge in [0.25, 0.3) is 0 Å². The van der Waals surface area contributed by atoms with Crippen molar-refractivity contribution in [2.24, 2.45) is 0 Å². The Bertz CT molecular complexity index is 351. The number of nitrogens with one attached hydrogen (secondary N) is 1. The Morgan fingerprint density at radius 3 is 2.62 bits per heavy atom. The molecule has 2 heteroatoms. The number of benzene rings is 1. The molecule has 1 N–H and O–H groups in total. The van der Waals surface area contributed by atoms with Crippen LogP contribution < -0.4 is 0 Å². The van der Waals surface area contributed by atoms with Crippen LogP contribution in [0, 0.1) is 6.92 Å². The predicted molar refractivity (Wildman–Crippen MR) is 52.2 cm³/mol. The van der Waals surface area contributed by atoms with Crippen molar-refractivity contribution in [1.82, 2.24) is 9.97 Å². The quantitative estimate of drug-likeness (QED) is 0.738. The lowest BCUT2D eigenvalue weighted by Crippen LogP contribution is -1.97. The van der Waals surface area contributed by atoms with Crippen LogP contribution in [0.1, 0.15) is 17.3 Å². The molecular formula is C11H11N2. The second-order valence-corrected chi connectivity index (χ2v) is 2.94. The molecule has 1 unspecified atom stereocenters. The van der Waals surface area contributed by atoms with Gasteiger partial charge in [0.05, 0.1) is 0 Å². The molecule has 1 aromatic heterocycles. The number of hydrogen-bond donors (Lipinski definition) is 1. The van der Waals surface area contributed by atoms with Gasteiger partial charge in [-0.25, -0.2) is 4.98 Å². The maximum absolute atomic E-state index is 4.17. The normalized spacial score (nSPS) is 12.7. The van der Waals surface area contributed by atoms with Crippen LogP contribution in [-0.4, -0.2) is 9.97 Å². The van der Waals surface area contributed by atoms with E-state index >= 15 is 0 Å². The lowest BCUT2D eigenvalue weighted by molar-refractivity contribution is 0.913. The van der Waals surface area contributed by atoms with Gasteiger partial charge >= 0.3 is 0 Å². The van der Waals surface area contributed by atoms with Crippen LogP contribution in [-0.2, 0) is 0 Å². The standard InChI is InChI=1S/C11H11N2/c1-9(11-12-7-8-13-11)10-5-3-2-4-6-10/h2-9H,1H2,(H,12,13). The second-order valence-electron chi connectivity index (χ2n) is 2.94. The highest BCUT2D eigenvalue weighted by atomic mass is 14.9. The van der Waals surface area contributed by atoms with E-state index in [0.717, 1.165) is 5.82 Å². The molecule has 0 aliphatic heterocycles. The Kier molecular flexibility index (Phi) is 2.13.